The molecule has 1 atom stereocenters. The molecular weight excluding hydrogens is 250 g/mol. The molecule has 3 N–H and O–H groups in total. The minimum atomic E-state index is -0.118. The molecule has 2 rings (SSSR count). The quantitative estimate of drug-likeness (QED) is 0.873. The number of rotatable bonds is 5. The van der Waals surface area contributed by atoms with Crippen molar-refractivity contribution in [1.82, 2.24) is 10.3 Å². The fourth-order valence-corrected chi connectivity index (χ4v) is 1.98. The molecule has 0 spiro atoms. The molecule has 0 radical (unpaired) electrons. The van der Waals surface area contributed by atoms with E-state index in [0.29, 0.717) is 12.1 Å². The Morgan fingerprint density at radius 2 is 2.00 bits per heavy atom. The molecule has 1 amide bonds. The summed E-state index contributed by atoms with van der Waals surface area (Å²) in [5.74, 6) is -0.0950. The largest absolute Gasteiger partial charge is 0.344 e. The van der Waals surface area contributed by atoms with Crippen molar-refractivity contribution in [1.29, 1.82) is 0 Å². The van der Waals surface area contributed by atoms with Crippen molar-refractivity contribution in [2.45, 2.75) is 19.4 Å². The van der Waals surface area contributed by atoms with Crippen molar-refractivity contribution >= 4 is 5.91 Å². The van der Waals surface area contributed by atoms with Gasteiger partial charge >= 0.3 is 0 Å². The van der Waals surface area contributed by atoms with E-state index in [9.17, 15) is 4.79 Å². The van der Waals surface area contributed by atoms with Crippen LogP contribution >= 0.6 is 0 Å². The van der Waals surface area contributed by atoms with E-state index in [1.54, 1.807) is 6.20 Å². The first-order chi connectivity index (χ1) is 9.70. The minimum absolute atomic E-state index is 0.0950. The van der Waals surface area contributed by atoms with Crippen molar-refractivity contribution < 1.29 is 4.79 Å². The van der Waals surface area contributed by atoms with E-state index in [4.69, 9.17) is 5.73 Å². The molecule has 20 heavy (non-hydrogen) atoms. The molecule has 1 unspecified atom stereocenters. The van der Waals surface area contributed by atoms with Crippen LogP contribution in [0.3, 0.4) is 0 Å². The molecular formula is C16H19N3O. The average Bonchev–Trinajstić information content (AvgIpc) is 2.49. The van der Waals surface area contributed by atoms with Crippen molar-refractivity contribution in [3.63, 3.8) is 0 Å². The van der Waals surface area contributed by atoms with E-state index in [-0.39, 0.29) is 11.9 Å². The lowest BCUT2D eigenvalue weighted by molar-refractivity contribution is 0.0939. The fourth-order valence-electron chi connectivity index (χ4n) is 1.98. The van der Waals surface area contributed by atoms with Gasteiger partial charge in [-0.15, -0.1) is 0 Å². The normalized spacial score (nSPS) is 11.9. The Morgan fingerprint density at radius 1 is 1.25 bits per heavy atom. The van der Waals surface area contributed by atoms with Crippen LogP contribution in [0, 0.1) is 0 Å². The van der Waals surface area contributed by atoms with Crippen LogP contribution in [-0.2, 0) is 6.42 Å². The molecule has 0 aliphatic heterocycles. The second-order valence-corrected chi connectivity index (χ2v) is 4.69. The summed E-state index contributed by atoms with van der Waals surface area (Å²) < 4.78 is 0. The lowest BCUT2D eigenvalue weighted by Crippen LogP contribution is -2.27. The molecule has 4 nitrogen and oxygen atoms in total. The van der Waals surface area contributed by atoms with Crippen LogP contribution in [0.2, 0.25) is 0 Å². The van der Waals surface area contributed by atoms with E-state index in [0.717, 1.165) is 17.7 Å². The molecule has 0 bridgehead atoms. The number of carbonyl (C=O) groups excluding carboxylic acids is 1. The van der Waals surface area contributed by atoms with Gasteiger partial charge in [0.1, 0.15) is 0 Å². The predicted octanol–water partition coefficient (Wildman–Crippen LogP) is 2.07. The Kier molecular flexibility index (Phi) is 4.85. The summed E-state index contributed by atoms with van der Waals surface area (Å²) in [6.07, 6.45) is 2.55. The topological polar surface area (TPSA) is 68.0 Å². The molecule has 1 aromatic heterocycles. The number of pyridine rings is 1. The first-order valence-electron chi connectivity index (χ1n) is 6.71. The maximum atomic E-state index is 12.1. The third kappa shape index (κ3) is 3.65. The Hall–Kier alpha value is -2.20. The molecule has 1 aromatic carbocycles. The molecule has 2 aromatic rings. The SMILES string of the molecule is CC(NC(=O)c1ccc(CCN)cc1)c1ccccn1. The zero-order valence-electron chi connectivity index (χ0n) is 11.5. The summed E-state index contributed by atoms with van der Waals surface area (Å²) in [4.78, 5) is 16.4. The second-order valence-electron chi connectivity index (χ2n) is 4.69. The zero-order chi connectivity index (χ0) is 14.4. The van der Waals surface area contributed by atoms with Crippen molar-refractivity contribution in [3.8, 4) is 0 Å². The van der Waals surface area contributed by atoms with Crippen LogP contribution in [-0.4, -0.2) is 17.4 Å². The third-order valence-corrected chi connectivity index (χ3v) is 3.13. The first kappa shape index (κ1) is 14.2. The zero-order valence-corrected chi connectivity index (χ0v) is 11.5. The van der Waals surface area contributed by atoms with Gasteiger partial charge in [0.2, 0.25) is 0 Å². The van der Waals surface area contributed by atoms with Gasteiger partial charge in [0.25, 0.3) is 5.91 Å². The Bertz CT molecular complexity index is 552. The smallest absolute Gasteiger partial charge is 0.251 e. The van der Waals surface area contributed by atoms with Crippen LogP contribution in [0.1, 0.15) is 34.6 Å². The summed E-state index contributed by atoms with van der Waals surface area (Å²) in [7, 11) is 0. The molecule has 0 fully saturated rings. The first-order valence-corrected chi connectivity index (χ1v) is 6.71. The van der Waals surface area contributed by atoms with E-state index in [1.807, 2.05) is 49.4 Å². The molecule has 0 aliphatic rings. The molecule has 104 valence electrons. The molecule has 0 saturated heterocycles. The monoisotopic (exact) mass is 269 g/mol. The van der Waals surface area contributed by atoms with Crippen molar-refractivity contribution in [2.75, 3.05) is 6.54 Å². The number of carbonyl (C=O) groups is 1. The van der Waals surface area contributed by atoms with Crippen LogP contribution in [0.25, 0.3) is 0 Å². The Morgan fingerprint density at radius 3 is 2.60 bits per heavy atom. The lowest BCUT2D eigenvalue weighted by atomic mass is 10.1. The number of hydrogen-bond donors (Lipinski definition) is 2. The predicted molar refractivity (Wildman–Crippen MR) is 79.3 cm³/mol. The minimum Gasteiger partial charge on any atom is -0.344 e. The summed E-state index contributed by atoms with van der Waals surface area (Å²) in [5, 5.41) is 2.94. The van der Waals surface area contributed by atoms with E-state index < -0.39 is 0 Å². The van der Waals surface area contributed by atoms with Crippen LogP contribution in [0.15, 0.2) is 48.7 Å². The average molecular weight is 269 g/mol. The van der Waals surface area contributed by atoms with Crippen molar-refractivity contribution in [2.24, 2.45) is 5.73 Å². The number of aromatic nitrogens is 1. The van der Waals surface area contributed by atoms with E-state index in [1.165, 1.54) is 0 Å². The van der Waals surface area contributed by atoms with Crippen LogP contribution < -0.4 is 11.1 Å². The Balaban J connectivity index is 2.01. The maximum Gasteiger partial charge on any atom is 0.251 e. The van der Waals surface area contributed by atoms with Gasteiger partial charge in [-0.25, -0.2) is 0 Å². The highest BCUT2D eigenvalue weighted by Gasteiger charge is 2.11. The standard InChI is InChI=1S/C16H19N3O/c1-12(15-4-2-3-11-18-15)19-16(20)14-7-5-13(6-8-14)9-10-17/h2-8,11-12H,9-10,17H2,1H3,(H,19,20). The van der Waals surface area contributed by atoms with Gasteiger partial charge in [0, 0.05) is 11.8 Å². The summed E-state index contributed by atoms with van der Waals surface area (Å²) in [6, 6.07) is 13.1. The summed E-state index contributed by atoms with van der Waals surface area (Å²) >= 11 is 0. The van der Waals surface area contributed by atoms with Gasteiger partial charge in [-0.3, -0.25) is 9.78 Å². The van der Waals surface area contributed by atoms with Crippen LogP contribution in [0.5, 0.6) is 0 Å². The van der Waals surface area contributed by atoms with Gasteiger partial charge in [-0.05, 0) is 49.7 Å². The van der Waals surface area contributed by atoms with Gasteiger partial charge in [0.05, 0.1) is 11.7 Å². The van der Waals surface area contributed by atoms with E-state index in [2.05, 4.69) is 10.3 Å². The second kappa shape index (κ2) is 6.82. The van der Waals surface area contributed by atoms with Gasteiger partial charge < -0.3 is 11.1 Å². The molecule has 0 aliphatic carbocycles. The highest BCUT2D eigenvalue weighted by Crippen LogP contribution is 2.10. The maximum absolute atomic E-state index is 12.1. The number of nitrogens with zero attached hydrogens (tertiary/aromatic N) is 1. The number of nitrogens with two attached hydrogens (primary N) is 1. The van der Waals surface area contributed by atoms with Crippen molar-refractivity contribution in [3.05, 3.63) is 65.5 Å². The molecule has 0 saturated carbocycles. The molecule has 4 heteroatoms. The highest BCUT2D eigenvalue weighted by atomic mass is 16.1. The molecule has 1 heterocycles. The van der Waals surface area contributed by atoms with Gasteiger partial charge in [-0.1, -0.05) is 18.2 Å². The lowest BCUT2D eigenvalue weighted by Gasteiger charge is -2.13. The fraction of sp³-hybridized carbons (Fsp3) is 0.250. The van der Waals surface area contributed by atoms with E-state index >= 15 is 0 Å². The number of nitrogens with one attached hydrogen (secondary N) is 1. The number of benzene rings is 1. The van der Waals surface area contributed by atoms with Gasteiger partial charge in [-0.2, -0.15) is 0 Å². The highest BCUT2D eigenvalue weighted by molar-refractivity contribution is 5.94. The number of amides is 1. The third-order valence-electron chi connectivity index (χ3n) is 3.13. The Labute approximate surface area is 119 Å². The van der Waals surface area contributed by atoms with Gasteiger partial charge in [0.15, 0.2) is 0 Å². The number of hydrogen-bond acceptors (Lipinski definition) is 3. The summed E-state index contributed by atoms with van der Waals surface area (Å²) in [6.45, 7) is 2.53. The summed E-state index contributed by atoms with van der Waals surface area (Å²) in [5.41, 5.74) is 8.14. The van der Waals surface area contributed by atoms with Crippen LogP contribution in [0.4, 0.5) is 0 Å².